The van der Waals surface area contributed by atoms with Crippen LogP contribution in [0.4, 0.5) is 0 Å². The molecule has 1 amide bonds. The van der Waals surface area contributed by atoms with Crippen molar-refractivity contribution in [2.24, 2.45) is 0 Å². The summed E-state index contributed by atoms with van der Waals surface area (Å²) in [6.45, 7) is 3.44. The van der Waals surface area contributed by atoms with Crippen molar-refractivity contribution in [3.05, 3.63) is 45.7 Å². The molecule has 0 spiro atoms. The topological polar surface area (TPSA) is 56.4 Å². The summed E-state index contributed by atoms with van der Waals surface area (Å²) in [5.74, 6) is -0.0643. The van der Waals surface area contributed by atoms with Gasteiger partial charge in [-0.1, -0.05) is 6.07 Å². The molecule has 2 rings (SSSR count). The Hall–Kier alpha value is -2.14. The summed E-state index contributed by atoms with van der Waals surface area (Å²) >= 11 is 0. The first-order valence-corrected chi connectivity index (χ1v) is 7.43. The van der Waals surface area contributed by atoms with Gasteiger partial charge in [-0.3, -0.25) is 9.59 Å². The van der Waals surface area contributed by atoms with Gasteiger partial charge in [0, 0.05) is 30.7 Å². The van der Waals surface area contributed by atoms with Crippen LogP contribution in [0, 0.1) is 6.92 Å². The number of rotatable bonds is 5. The van der Waals surface area contributed by atoms with Crippen LogP contribution in [-0.4, -0.2) is 54.9 Å². The normalized spacial score (nSPS) is 11.1. The average Bonchev–Trinajstić information content (AvgIpc) is 2.45. The first-order chi connectivity index (χ1) is 10.4. The molecule has 5 nitrogen and oxygen atoms in total. The van der Waals surface area contributed by atoms with Crippen molar-refractivity contribution in [2.45, 2.75) is 13.3 Å². The molecule has 0 aliphatic heterocycles. The summed E-state index contributed by atoms with van der Waals surface area (Å²) in [6, 6.07) is 6.82. The van der Waals surface area contributed by atoms with Crippen LogP contribution >= 0.6 is 0 Å². The molecule has 0 fully saturated rings. The summed E-state index contributed by atoms with van der Waals surface area (Å²) in [5.41, 5.74) is 1.87. The number of para-hydroxylation sites is 1. The number of hydrogen-bond acceptors (Lipinski definition) is 3. The number of carbonyl (C=O) groups excluding carboxylic acids is 1. The van der Waals surface area contributed by atoms with E-state index in [4.69, 9.17) is 0 Å². The predicted molar refractivity (Wildman–Crippen MR) is 89.4 cm³/mol. The minimum Gasteiger partial charge on any atom is -0.358 e. The average molecular weight is 301 g/mol. The molecule has 0 atom stereocenters. The maximum absolute atomic E-state index is 12.6. The van der Waals surface area contributed by atoms with Gasteiger partial charge in [-0.2, -0.15) is 0 Å². The van der Waals surface area contributed by atoms with Gasteiger partial charge in [-0.25, -0.2) is 0 Å². The summed E-state index contributed by atoms with van der Waals surface area (Å²) < 4.78 is 0. The Kier molecular flexibility index (Phi) is 4.98. The molecular formula is C17H23N3O2. The summed E-state index contributed by atoms with van der Waals surface area (Å²) in [7, 11) is 5.82. The molecule has 118 valence electrons. The highest BCUT2D eigenvalue weighted by atomic mass is 16.2. The van der Waals surface area contributed by atoms with Gasteiger partial charge in [0.2, 0.25) is 0 Å². The van der Waals surface area contributed by atoms with Crippen molar-refractivity contribution >= 4 is 16.8 Å². The third kappa shape index (κ3) is 3.54. The highest BCUT2D eigenvalue weighted by molar-refractivity contribution is 6.05. The first-order valence-electron chi connectivity index (χ1n) is 7.43. The lowest BCUT2D eigenvalue weighted by atomic mass is 10.1. The maximum atomic E-state index is 12.6. The van der Waals surface area contributed by atoms with Crippen LogP contribution in [-0.2, 0) is 0 Å². The summed E-state index contributed by atoms with van der Waals surface area (Å²) in [4.78, 5) is 31.6. The van der Waals surface area contributed by atoms with E-state index in [2.05, 4.69) is 9.88 Å². The third-order valence-corrected chi connectivity index (χ3v) is 3.68. The van der Waals surface area contributed by atoms with Crippen LogP contribution in [0.25, 0.3) is 10.9 Å². The van der Waals surface area contributed by atoms with E-state index in [1.807, 2.05) is 21.0 Å². The lowest BCUT2D eigenvalue weighted by Crippen LogP contribution is -2.30. The van der Waals surface area contributed by atoms with Crippen molar-refractivity contribution in [3.63, 3.8) is 0 Å². The Bertz CT molecular complexity index is 734. The highest BCUT2D eigenvalue weighted by Crippen LogP contribution is 2.16. The fourth-order valence-electron chi connectivity index (χ4n) is 2.51. The van der Waals surface area contributed by atoms with Crippen LogP contribution in [0.5, 0.6) is 0 Å². The molecule has 0 aliphatic rings. The molecule has 0 bridgehead atoms. The van der Waals surface area contributed by atoms with E-state index in [1.165, 1.54) is 0 Å². The fourth-order valence-corrected chi connectivity index (χ4v) is 2.51. The zero-order valence-corrected chi connectivity index (χ0v) is 13.6. The molecule has 0 aliphatic carbocycles. The number of nitrogens with one attached hydrogen (secondary N) is 1. The number of aromatic amines is 1. The Balaban J connectivity index is 2.30. The number of carbonyl (C=O) groups is 1. The molecule has 0 radical (unpaired) electrons. The Labute approximate surface area is 130 Å². The van der Waals surface area contributed by atoms with Crippen LogP contribution < -0.4 is 5.43 Å². The van der Waals surface area contributed by atoms with Gasteiger partial charge >= 0.3 is 0 Å². The van der Waals surface area contributed by atoms with E-state index in [-0.39, 0.29) is 11.3 Å². The van der Waals surface area contributed by atoms with E-state index in [0.29, 0.717) is 23.0 Å². The second kappa shape index (κ2) is 6.75. The van der Waals surface area contributed by atoms with E-state index in [0.717, 1.165) is 18.7 Å². The van der Waals surface area contributed by atoms with Crippen LogP contribution in [0.2, 0.25) is 0 Å². The Morgan fingerprint density at radius 1 is 1.18 bits per heavy atom. The number of fused-ring (bicyclic) bond motifs is 1. The second-order valence-corrected chi connectivity index (χ2v) is 5.93. The number of amides is 1. The van der Waals surface area contributed by atoms with Crippen molar-refractivity contribution in [3.8, 4) is 0 Å². The summed E-state index contributed by atoms with van der Waals surface area (Å²) in [5, 5.41) is 0.554. The molecule has 2 aromatic rings. The molecule has 0 saturated carbocycles. The van der Waals surface area contributed by atoms with E-state index < -0.39 is 0 Å². The van der Waals surface area contributed by atoms with Gasteiger partial charge in [-0.05, 0) is 46.1 Å². The molecule has 1 heterocycles. The molecule has 22 heavy (non-hydrogen) atoms. The smallest absolute Gasteiger partial charge is 0.255 e. The van der Waals surface area contributed by atoms with Crippen LogP contribution in [0.15, 0.2) is 29.1 Å². The minimum absolute atomic E-state index is 0.0591. The number of nitrogens with zero attached hydrogens (tertiary/aromatic N) is 2. The zero-order valence-electron chi connectivity index (χ0n) is 13.6. The van der Waals surface area contributed by atoms with Crippen LogP contribution in [0.3, 0.4) is 0 Å². The van der Waals surface area contributed by atoms with Gasteiger partial charge in [0.1, 0.15) is 0 Å². The van der Waals surface area contributed by atoms with E-state index in [1.54, 1.807) is 36.2 Å². The number of hydrogen-bond donors (Lipinski definition) is 1. The lowest BCUT2D eigenvalue weighted by Gasteiger charge is -2.19. The number of pyridine rings is 1. The molecule has 5 heteroatoms. The minimum atomic E-state index is -0.0643. The number of benzene rings is 1. The predicted octanol–water partition coefficient (Wildman–Crippen LogP) is 1.86. The van der Waals surface area contributed by atoms with Crippen molar-refractivity contribution in [2.75, 3.05) is 34.2 Å². The maximum Gasteiger partial charge on any atom is 0.255 e. The van der Waals surface area contributed by atoms with Crippen molar-refractivity contribution in [1.29, 1.82) is 0 Å². The monoisotopic (exact) mass is 301 g/mol. The van der Waals surface area contributed by atoms with Crippen molar-refractivity contribution < 1.29 is 4.79 Å². The Morgan fingerprint density at radius 3 is 2.59 bits per heavy atom. The van der Waals surface area contributed by atoms with Gasteiger partial charge < -0.3 is 14.8 Å². The third-order valence-electron chi connectivity index (χ3n) is 3.68. The van der Waals surface area contributed by atoms with E-state index in [9.17, 15) is 9.59 Å². The van der Waals surface area contributed by atoms with Gasteiger partial charge in [-0.15, -0.1) is 0 Å². The number of aromatic nitrogens is 1. The zero-order chi connectivity index (χ0) is 16.3. The van der Waals surface area contributed by atoms with Crippen molar-refractivity contribution in [1.82, 2.24) is 14.8 Å². The van der Waals surface area contributed by atoms with Gasteiger partial charge in [0.05, 0.1) is 11.1 Å². The lowest BCUT2D eigenvalue weighted by molar-refractivity contribution is 0.0792. The van der Waals surface area contributed by atoms with Crippen LogP contribution in [0.1, 0.15) is 22.5 Å². The quantitative estimate of drug-likeness (QED) is 0.917. The SMILES string of the molecule is Cc1cc(=O)c2cccc(C(=O)N(C)CCCN(C)C)c2[nH]1. The molecule has 1 aromatic heterocycles. The second-order valence-electron chi connectivity index (χ2n) is 5.93. The molecule has 0 unspecified atom stereocenters. The van der Waals surface area contributed by atoms with E-state index >= 15 is 0 Å². The fraction of sp³-hybridized carbons (Fsp3) is 0.412. The van der Waals surface area contributed by atoms with Gasteiger partial charge in [0.25, 0.3) is 5.91 Å². The highest BCUT2D eigenvalue weighted by Gasteiger charge is 2.16. The molecule has 0 saturated heterocycles. The van der Waals surface area contributed by atoms with Gasteiger partial charge in [0.15, 0.2) is 5.43 Å². The molecular weight excluding hydrogens is 278 g/mol. The first kappa shape index (κ1) is 16.2. The standard InChI is InChI=1S/C17H23N3O2/c1-12-11-15(21)13-7-5-8-14(16(13)18-12)17(22)20(4)10-6-9-19(2)3/h5,7-8,11H,6,9-10H2,1-4H3,(H,18,21). The Morgan fingerprint density at radius 2 is 1.91 bits per heavy atom. The summed E-state index contributed by atoms with van der Waals surface area (Å²) in [6.07, 6.45) is 0.912. The molecule has 1 N–H and O–H groups in total. The molecule has 1 aromatic carbocycles. The largest absolute Gasteiger partial charge is 0.358 e. The number of aryl methyl sites for hydroxylation is 1. The number of H-pyrrole nitrogens is 1.